The van der Waals surface area contributed by atoms with Crippen LogP contribution in [0.4, 0.5) is 5.95 Å². The Bertz CT molecular complexity index is 415. The fraction of sp³-hybridized carbons (Fsp3) is 0.857. The molecular formula is C14H26N6. The second kappa shape index (κ2) is 6.10. The van der Waals surface area contributed by atoms with E-state index < -0.39 is 0 Å². The molecule has 2 saturated heterocycles. The van der Waals surface area contributed by atoms with Gasteiger partial charge in [-0.15, -0.1) is 5.10 Å². The van der Waals surface area contributed by atoms with Gasteiger partial charge in [-0.05, 0) is 39.8 Å². The van der Waals surface area contributed by atoms with Gasteiger partial charge in [-0.3, -0.25) is 5.10 Å². The summed E-state index contributed by atoms with van der Waals surface area (Å²) in [5.41, 5.74) is 0. The molecule has 0 saturated carbocycles. The second-order valence-electron chi connectivity index (χ2n) is 6.25. The Morgan fingerprint density at radius 2 is 1.85 bits per heavy atom. The van der Waals surface area contributed by atoms with Crippen LogP contribution in [0.2, 0.25) is 0 Å². The predicted molar refractivity (Wildman–Crippen MR) is 80.0 cm³/mol. The van der Waals surface area contributed by atoms with Crippen LogP contribution in [0.1, 0.15) is 32.5 Å². The molecule has 3 rings (SSSR count). The fourth-order valence-corrected chi connectivity index (χ4v) is 3.30. The average Bonchev–Trinajstić information content (AvgIpc) is 3.07. The molecule has 1 aromatic heterocycles. The Labute approximate surface area is 120 Å². The van der Waals surface area contributed by atoms with E-state index in [0.29, 0.717) is 12.1 Å². The quantitative estimate of drug-likeness (QED) is 0.846. The molecule has 6 heteroatoms. The fourth-order valence-electron chi connectivity index (χ4n) is 3.30. The van der Waals surface area contributed by atoms with Gasteiger partial charge in [0.1, 0.15) is 5.82 Å². The smallest absolute Gasteiger partial charge is 0.244 e. The number of piperazine rings is 1. The molecule has 2 aliphatic rings. The number of anilines is 1. The lowest BCUT2D eigenvalue weighted by atomic mass is 10.1. The number of nitrogens with zero attached hydrogens (tertiary/aromatic N) is 4. The highest BCUT2D eigenvalue weighted by atomic mass is 15.4. The van der Waals surface area contributed by atoms with E-state index in [4.69, 9.17) is 0 Å². The normalized spacial score (nSPS) is 28.2. The third kappa shape index (κ3) is 3.30. The summed E-state index contributed by atoms with van der Waals surface area (Å²) in [4.78, 5) is 9.46. The molecule has 2 N–H and O–H groups in total. The molecule has 2 atom stereocenters. The Morgan fingerprint density at radius 3 is 2.55 bits per heavy atom. The minimum absolute atomic E-state index is 0.491. The predicted octanol–water partition coefficient (Wildman–Crippen LogP) is 0.630. The summed E-state index contributed by atoms with van der Waals surface area (Å²) in [6, 6.07) is 0.982. The maximum Gasteiger partial charge on any atom is 0.244 e. The van der Waals surface area contributed by atoms with E-state index in [2.05, 4.69) is 44.1 Å². The van der Waals surface area contributed by atoms with Gasteiger partial charge < -0.3 is 15.1 Å². The van der Waals surface area contributed by atoms with Crippen molar-refractivity contribution >= 4 is 5.95 Å². The van der Waals surface area contributed by atoms with Crippen molar-refractivity contribution in [2.75, 3.05) is 37.6 Å². The Kier molecular flexibility index (Phi) is 4.21. The number of aromatic nitrogens is 3. The molecule has 6 nitrogen and oxygen atoms in total. The summed E-state index contributed by atoms with van der Waals surface area (Å²) >= 11 is 0. The van der Waals surface area contributed by atoms with Crippen LogP contribution in [0.25, 0.3) is 0 Å². The highest BCUT2D eigenvalue weighted by Gasteiger charge is 2.23. The molecule has 112 valence electrons. The molecule has 0 spiro atoms. The van der Waals surface area contributed by atoms with E-state index in [1.807, 2.05) is 0 Å². The van der Waals surface area contributed by atoms with Crippen LogP contribution >= 0.6 is 0 Å². The van der Waals surface area contributed by atoms with Gasteiger partial charge in [0.05, 0.1) is 0 Å². The van der Waals surface area contributed by atoms with Crippen molar-refractivity contribution in [3.05, 3.63) is 5.82 Å². The SMILES string of the molecule is CC1CN(c2n[nH]c(CCN3CCCC3)n2)CC(C)N1. The van der Waals surface area contributed by atoms with Crippen LogP contribution in [0.3, 0.4) is 0 Å². The van der Waals surface area contributed by atoms with Gasteiger partial charge >= 0.3 is 0 Å². The molecule has 0 amide bonds. The zero-order valence-corrected chi connectivity index (χ0v) is 12.6. The van der Waals surface area contributed by atoms with E-state index in [1.165, 1.54) is 25.9 Å². The first-order valence-electron chi connectivity index (χ1n) is 7.85. The minimum Gasteiger partial charge on any atom is -0.336 e. The maximum absolute atomic E-state index is 4.67. The topological polar surface area (TPSA) is 60.1 Å². The third-order valence-electron chi connectivity index (χ3n) is 4.22. The Hall–Kier alpha value is -1.14. The number of nitrogens with one attached hydrogen (secondary N) is 2. The third-order valence-corrected chi connectivity index (χ3v) is 4.22. The zero-order chi connectivity index (χ0) is 13.9. The van der Waals surface area contributed by atoms with Gasteiger partial charge in [0.25, 0.3) is 0 Å². The Balaban J connectivity index is 1.55. The van der Waals surface area contributed by atoms with Crippen molar-refractivity contribution in [2.24, 2.45) is 0 Å². The standard InChI is InChI=1S/C14H26N6/c1-11-9-20(10-12(2)15-11)14-16-13(17-18-14)5-8-19-6-3-4-7-19/h11-12,15H,3-10H2,1-2H3,(H,16,17,18). The molecule has 2 unspecified atom stereocenters. The van der Waals surface area contributed by atoms with Crippen molar-refractivity contribution in [2.45, 2.75) is 45.2 Å². The molecule has 3 heterocycles. The van der Waals surface area contributed by atoms with Crippen molar-refractivity contribution in [3.63, 3.8) is 0 Å². The lowest BCUT2D eigenvalue weighted by molar-refractivity contribution is 0.341. The Morgan fingerprint density at radius 1 is 1.15 bits per heavy atom. The first-order chi connectivity index (χ1) is 9.70. The number of hydrogen-bond acceptors (Lipinski definition) is 5. The summed E-state index contributed by atoms with van der Waals surface area (Å²) in [7, 11) is 0. The van der Waals surface area contributed by atoms with Crippen LogP contribution in [-0.2, 0) is 6.42 Å². The summed E-state index contributed by atoms with van der Waals surface area (Å²) in [5, 5.41) is 11.0. The number of aromatic amines is 1. The van der Waals surface area contributed by atoms with Gasteiger partial charge in [0.15, 0.2) is 0 Å². The van der Waals surface area contributed by atoms with E-state index in [0.717, 1.165) is 37.8 Å². The highest BCUT2D eigenvalue weighted by Crippen LogP contribution is 2.13. The summed E-state index contributed by atoms with van der Waals surface area (Å²) in [5.74, 6) is 1.88. The lowest BCUT2D eigenvalue weighted by Gasteiger charge is -2.35. The van der Waals surface area contributed by atoms with E-state index >= 15 is 0 Å². The molecular weight excluding hydrogens is 252 g/mol. The monoisotopic (exact) mass is 278 g/mol. The molecule has 0 aromatic carbocycles. The molecule has 1 aromatic rings. The molecule has 0 bridgehead atoms. The van der Waals surface area contributed by atoms with E-state index in [-0.39, 0.29) is 0 Å². The number of likely N-dealkylation sites (tertiary alicyclic amines) is 1. The molecule has 2 fully saturated rings. The molecule has 20 heavy (non-hydrogen) atoms. The van der Waals surface area contributed by atoms with Crippen molar-refractivity contribution in [1.29, 1.82) is 0 Å². The largest absolute Gasteiger partial charge is 0.336 e. The van der Waals surface area contributed by atoms with Crippen LogP contribution < -0.4 is 10.2 Å². The molecule has 2 aliphatic heterocycles. The van der Waals surface area contributed by atoms with Crippen LogP contribution in [0.15, 0.2) is 0 Å². The van der Waals surface area contributed by atoms with Gasteiger partial charge in [0, 0.05) is 38.1 Å². The van der Waals surface area contributed by atoms with Crippen LogP contribution in [-0.4, -0.2) is 64.9 Å². The first-order valence-corrected chi connectivity index (χ1v) is 7.85. The maximum atomic E-state index is 4.67. The molecule has 0 aliphatic carbocycles. The van der Waals surface area contributed by atoms with Gasteiger partial charge in [-0.2, -0.15) is 4.98 Å². The average molecular weight is 278 g/mol. The van der Waals surface area contributed by atoms with Crippen LogP contribution in [0, 0.1) is 0 Å². The first kappa shape index (κ1) is 13.8. The summed E-state index contributed by atoms with van der Waals surface area (Å²) < 4.78 is 0. The highest BCUT2D eigenvalue weighted by molar-refractivity contribution is 5.30. The van der Waals surface area contributed by atoms with Crippen molar-refractivity contribution in [3.8, 4) is 0 Å². The number of hydrogen-bond donors (Lipinski definition) is 2. The molecule has 0 radical (unpaired) electrons. The van der Waals surface area contributed by atoms with E-state index in [1.54, 1.807) is 0 Å². The van der Waals surface area contributed by atoms with Crippen molar-refractivity contribution in [1.82, 2.24) is 25.4 Å². The van der Waals surface area contributed by atoms with E-state index in [9.17, 15) is 0 Å². The number of H-pyrrole nitrogens is 1. The minimum atomic E-state index is 0.491. The van der Waals surface area contributed by atoms with Crippen molar-refractivity contribution < 1.29 is 0 Å². The zero-order valence-electron chi connectivity index (χ0n) is 12.6. The van der Waals surface area contributed by atoms with Gasteiger partial charge in [-0.1, -0.05) is 0 Å². The second-order valence-corrected chi connectivity index (χ2v) is 6.25. The van der Waals surface area contributed by atoms with Crippen LogP contribution in [0.5, 0.6) is 0 Å². The summed E-state index contributed by atoms with van der Waals surface area (Å²) in [6.07, 6.45) is 3.67. The number of rotatable bonds is 4. The van der Waals surface area contributed by atoms with Gasteiger partial charge in [-0.25, -0.2) is 0 Å². The lowest BCUT2D eigenvalue weighted by Crippen LogP contribution is -2.54. The van der Waals surface area contributed by atoms with Gasteiger partial charge in [0.2, 0.25) is 5.95 Å². The summed E-state index contributed by atoms with van der Waals surface area (Å²) in [6.45, 7) is 9.97.